The number of hydrogen-bond donors (Lipinski definition) is 1. The summed E-state index contributed by atoms with van der Waals surface area (Å²) in [7, 11) is 0. The van der Waals surface area contributed by atoms with Crippen LogP contribution in [0.2, 0.25) is 0 Å². The van der Waals surface area contributed by atoms with Crippen LogP contribution in [-0.2, 0) is 6.61 Å². The fraction of sp³-hybridized carbons (Fsp3) is 0.200. The number of alkyl halides is 3. The summed E-state index contributed by atoms with van der Waals surface area (Å²) in [4.78, 5) is 15.1. The number of rotatable bonds is 5. The van der Waals surface area contributed by atoms with Gasteiger partial charge in [-0.2, -0.15) is 0 Å². The van der Waals surface area contributed by atoms with Gasteiger partial charge in [-0.3, -0.25) is 0 Å². The van der Waals surface area contributed by atoms with E-state index in [0.717, 1.165) is 6.07 Å². The third kappa shape index (κ3) is 4.35. The summed E-state index contributed by atoms with van der Waals surface area (Å²) in [6.07, 6.45) is -3.48. The van der Waals surface area contributed by atoms with Crippen molar-refractivity contribution >= 4 is 5.97 Å². The van der Waals surface area contributed by atoms with Crippen LogP contribution in [0.1, 0.15) is 21.5 Å². The first kappa shape index (κ1) is 16.6. The lowest BCUT2D eigenvalue weighted by atomic mass is 10.1. The lowest BCUT2D eigenvalue weighted by Crippen LogP contribution is -2.19. The fourth-order valence-electron chi connectivity index (χ4n) is 1.90. The quantitative estimate of drug-likeness (QED) is 0.909. The zero-order chi connectivity index (χ0) is 17.0. The van der Waals surface area contributed by atoms with Gasteiger partial charge in [-0.15, -0.1) is 13.2 Å². The van der Waals surface area contributed by atoms with Gasteiger partial charge < -0.3 is 14.6 Å². The minimum Gasteiger partial charge on any atom is -0.478 e. The Morgan fingerprint density at radius 1 is 1.26 bits per heavy atom. The monoisotopic (exact) mass is 327 g/mol. The van der Waals surface area contributed by atoms with Crippen LogP contribution in [-0.4, -0.2) is 22.4 Å². The molecule has 0 saturated carbocycles. The maximum atomic E-state index is 12.5. The number of aromatic nitrogens is 1. The molecule has 0 aliphatic carbocycles. The topological polar surface area (TPSA) is 68.7 Å². The van der Waals surface area contributed by atoms with Crippen molar-refractivity contribution in [2.24, 2.45) is 0 Å². The van der Waals surface area contributed by atoms with Crippen molar-refractivity contribution in [3.8, 4) is 11.6 Å². The standard InChI is InChI=1S/C15H12F3NO4/c1-9-4-3-7-19-13(9)22-8-11-10(14(20)21)5-2-6-12(11)23-15(16,17)18/h2-7H,8H2,1H3,(H,20,21). The molecule has 0 amide bonds. The smallest absolute Gasteiger partial charge is 0.478 e. The average molecular weight is 327 g/mol. The summed E-state index contributed by atoms with van der Waals surface area (Å²) in [5, 5.41) is 9.13. The van der Waals surface area contributed by atoms with Gasteiger partial charge >= 0.3 is 12.3 Å². The highest BCUT2D eigenvalue weighted by molar-refractivity contribution is 5.90. The van der Waals surface area contributed by atoms with E-state index in [1.807, 2.05) is 0 Å². The highest BCUT2D eigenvalue weighted by Gasteiger charge is 2.33. The molecular formula is C15H12F3NO4. The number of ether oxygens (including phenoxy) is 2. The number of benzene rings is 1. The number of carboxylic acids is 1. The van der Waals surface area contributed by atoms with Gasteiger partial charge in [0.1, 0.15) is 12.4 Å². The molecule has 2 aromatic rings. The van der Waals surface area contributed by atoms with Gasteiger partial charge in [-0.25, -0.2) is 9.78 Å². The van der Waals surface area contributed by atoms with Crippen LogP contribution in [0.25, 0.3) is 0 Å². The van der Waals surface area contributed by atoms with E-state index in [4.69, 9.17) is 9.84 Å². The Bertz CT molecular complexity index is 716. The lowest BCUT2D eigenvalue weighted by molar-refractivity contribution is -0.275. The van der Waals surface area contributed by atoms with Crippen LogP contribution in [0.5, 0.6) is 11.6 Å². The third-order valence-corrected chi connectivity index (χ3v) is 2.90. The molecule has 0 unspecified atom stereocenters. The molecule has 8 heteroatoms. The third-order valence-electron chi connectivity index (χ3n) is 2.90. The van der Waals surface area contributed by atoms with Crippen molar-refractivity contribution in [1.82, 2.24) is 4.98 Å². The van der Waals surface area contributed by atoms with E-state index in [1.165, 1.54) is 18.3 Å². The molecule has 1 heterocycles. The van der Waals surface area contributed by atoms with Gasteiger partial charge in [0, 0.05) is 17.3 Å². The first-order valence-electron chi connectivity index (χ1n) is 6.43. The van der Waals surface area contributed by atoms with Crippen molar-refractivity contribution in [3.63, 3.8) is 0 Å². The minimum absolute atomic E-state index is 0.200. The number of pyridine rings is 1. The largest absolute Gasteiger partial charge is 0.573 e. The van der Waals surface area contributed by atoms with Gasteiger partial charge in [0.25, 0.3) is 0 Å². The molecule has 23 heavy (non-hydrogen) atoms. The van der Waals surface area contributed by atoms with E-state index in [9.17, 15) is 18.0 Å². The predicted molar refractivity (Wildman–Crippen MR) is 73.4 cm³/mol. The molecule has 0 aliphatic rings. The second kappa shape index (κ2) is 6.55. The van der Waals surface area contributed by atoms with Crippen molar-refractivity contribution in [1.29, 1.82) is 0 Å². The summed E-state index contributed by atoms with van der Waals surface area (Å²) < 4.78 is 46.6. The number of aromatic carboxylic acids is 1. The number of carboxylic acid groups (broad SMARTS) is 1. The molecule has 122 valence electrons. The van der Waals surface area contributed by atoms with Crippen molar-refractivity contribution in [2.75, 3.05) is 0 Å². The molecule has 0 saturated heterocycles. The number of nitrogens with zero attached hydrogens (tertiary/aromatic N) is 1. The predicted octanol–water partition coefficient (Wildman–Crippen LogP) is 3.57. The van der Waals surface area contributed by atoms with E-state index in [2.05, 4.69) is 9.72 Å². The summed E-state index contributed by atoms with van der Waals surface area (Å²) in [6, 6.07) is 6.75. The van der Waals surface area contributed by atoms with Gasteiger partial charge in [0.15, 0.2) is 0 Å². The highest BCUT2D eigenvalue weighted by atomic mass is 19.4. The van der Waals surface area contributed by atoms with E-state index in [0.29, 0.717) is 5.56 Å². The normalized spacial score (nSPS) is 11.1. The highest BCUT2D eigenvalue weighted by Crippen LogP contribution is 2.30. The molecule has 1 aromatic heterocycles. The summed E-state index contributed by atoms with van der Waals surface area (Å²) in [5.74, 6) is -1.80. The van der Waals surface area contributed by atoms with E-state index >= 15 is 0 Å². The maximum absolute atomic E-state index is 12.5. The molecule has 1 aromatic carbocycles. The molecule has 0 aliphatic heterocycles. The van der Waals surface area contributed by atoms with Gasteiger partial charge in [0.2, 0.25) is 5.88 Å². The number of carbonyl (C=O) groups is 1. The molecule has 0 bridgehead atoms. The Kier molecular flexibility index (Phi) is 4.73. The summed E-state index contributed by atoms with van der Waals surface area (Å²) in [6.45, 7) is 1.28. The van der Waals surface area contributed by atoms with Crippen LogP contribution >= 0.6 is 0 Å². The molecule has 2 rings (SSSR count). The van der Waals surface area contributed by atoms with Crippen LogP contribution in [0.15, 0.2) is 36.5 Å². The molecule has 5 nitrogen and oxygen atoms in total. The SMILES string of the molecule is Cc1cccnc1OCc1c(OC(F)(F)F)cccc1C(=O)O. The number of hydrogen-bond acceptors (Lipinski definition) is 4. The molecular weight excluding hydrogens is 315 g/mol. The molecule has 0 atom stereocenters. The van der Waals surface area contributed by atoms with E-state index < -0.39 is 24.7 Å². The second-order valence-corrected chi connectivity index (χ2v) is 4.55. The Morgan fingerprint density at radius 3 is 2.61 bits per heavy atom. The van der Waals surface area contributed by atoms with Crippen molar-refractivity contribution in [3.05, 3.63) is 53.2 Å². The lowest BCUT2D eigenvalue weighted by Gasteiger charge is -2.16. The minimum atomic E-state index is -4.94. The Labute approximate surface area is 129 Å². The van der Waals surface area contributed by atoms with Crippen LogP contribution < -0.4 is 9.47 Å². The Hall–Kier alpha value is -2.77. The van der Waals surface area contributed by atoms with Crippen LogP contribution in [0.4, 0.5) is 13.2 Å². The zero-order valence-electron chi connectivity index (χ0n) is 11.9. The van der Waals surface area contributed by atoms with Gasteiger partial charge in [0.05, 0.1) is 5.56 Å². The Morgan fingerprint density at radius 2 is 2.00 bits per heavy atom. The summed E-state index contributed by atoms with van der Waals surface area (Å²) in [5.41, 5.74) is 0.112. The zero-order valence-corrected chi connectivity index (χ0v) is 11.9. The maximum Gasteiger partial charge on any atom is 0.573 e. The molecule has 1 N–H and O–H groups in total. The van der Waals surface area contributed by atoms with Crippen LogP contribution in [0, 0.1) is 6.92 Å². The van der Waals surface area contributed by atoms with Gasteiger partial charge in [-0.05, 0) is 25.1 Å². The first-order chi connectivity index (χ1) is 10.8. The average Bonchev–Trinajstić information content (AvgIpc) is 2.45. The fourth-order valence-corrected chi connectivity index (χ4v) is 1.90. The molecule has 0 spiro atoms. The van der Waals surface area contributed by atoms with Crippen LogP contribution in [0.3, 0.4) is 0 Å². The molecule has 0 radical (unpaired) electrons. The van der Waals surface area contributed by atoms with Crippen molar-refractivity contribution in [2.45, 2.75) is 19.9 Å². The van der Waals surface area contributed by atoms with E-state index in [-0.39, 0.29) is 17.0 Å². The Balaban J connectivity index is 2.34. The van der Waals surface area contributed by atoms with E-state index in [1.54, 1.807) is 19.1 Å². The molecule has 0 fully saturated rings. The number of halogens is 3. The van der Waals surface area contributed by atoms with Crippen molar-refractivity contribution < 1.29 is 32.5 Å². The number of aryl methyl sites for hydroxylation is 1. The first-order valence-corrected chi connectivity index (χ1v) is 6.43. The van der Waals surface area contributed by atoms with Gasteiger partial charge in [-0.1, -0.05) is 12.1 Å². The summed E-state index contributed by atoms with van der Waals surface area (Å²) >= 11 is 0. The second-order valence-electron chi connectivity index (χ2n) is 4.55.